The monoisotopic (exact) mass is 311 g/mol. The van der Waals surface area contributed by atoms with E-state index in [0.29, 0.717) is 16.7 Å². The van der Waals surface area contributed by atoms with Gasteiger partial charge < -0.3 is 9.88 Å². The average molecular weight is 311 g/mol. The number of aromatic amines is 1. The van der Waals surface area contributed by atoms with Crippen LogP contribution in [0.2, 0.25) is 0 Å². The molecule has 0 atom stereocenters. The van der Waals surface area contributed by atoms with Crippen LogP contribution in [-0.2, 0) is 6.54 Å². The van der Waals surface area contributed by atoms with Gasteiger partial charge in [-0.05, 0) is 42.0 Å². The van der Waals surface area contributed by atoms with Crippen LogP contribution in [0.3, 0.4) is 0 Å². The Morgan fingerprint density at radius 1 is 1.09 bits per heavy atom. The summed E-state index contributed by atoms with van der Waals surface area (Å²) in [6.07, 6.45) is 0. The van der Waals surface area contributed by atoms with E-state index in [-0.39, 0.29) is 5.56 Å². The summed E-state index contributed by atoms with van der Waals surface area (Å²) in [6.45, 7) is 0.465. The highest BCUT2D eigenvalue weighted by Crippen LogP contribution is 2.13. The van der Waals surface area contributed by atoms with E-state index in [4.69, 9.17) is 12.2 Å². The first kappa shape index (κ1) is 14.5. The van der Waals surface area contributed by atoms with Crippen LogP contribution in [0.5, 0.6) is 0 Å². The van der Waals surface area contributed by atoms with Crippen LogP contribution in [0.1, 0.15) is 5.56 Å². The molecule has 0 unspecified atom stereocenters. The summed E-state index contributed by atoms with van der Waals surface area (Å²) in [7, 11) is 4.00. The average Bonchev–Trinajstić information content (AvgIpc) is 2.52. The van der Waals surface area contributed by atoms with Crippen LogP contribution < -0.4 is 10.5 Å². The number of anilines is 1. The number of hydrogen-bond donors (Lipinski definition) is 1. The molecule has 0 amide bonds. The van der Waals surface area contributed by atoms with Crippen LogP contribution in [-0.4, -0.2) is 23.6 Å². The van der Waals surface area contributed by atoms with Crippen molar-refractivity contribution in [2.75, 3.05) is 19.0 Å². The summed E-state index contributed by atoms with van der Waals surface area (Å²) in [5.74, 6) is 0. The minimum Gasteiger partial charge on any atom is -0.378 e. The number of hydrogen-bond acceptors (Lipinski definition) is 3. The Morgan fingerprint density at radius 3 is 2.45 bits per heavy atom. The molecule has 1 aromatic heterocycles. The number of nitrogens with one attached hydrogen (secondary N) is 1. The first-order valence-corrected chi connectivity index (χ1v) is 7.45. The zero-order valence-electron chi connectivity index (χ0n) is 12.5. The molecule has 112 valence electrons. The van der Waals surface area contributed by atoms with E-state index in [1.54, 1.807) is 4.57 Å². The second-order valence-corrected chi connectivity index (χ2v) is 5.81. The van der Waals surface area contributed by atoms with Gasteiger partial charge >= 0.3 is 0 Å². The molecule has 0 saturated heterocycles. The van der Waals surface area contributed by atoms with Crippen LogP contribution in [0, 0.1) is 4.77 Å². The molecule has 5 heteroatoms. The van der Waals surface area contributed by atoms with Crippen molar-refractivity contribution < 1.29 is 0 Å². The molecule has 0 saturated carbocycles. The van der Waals surface area contributed by atoms with Gasteiger partial charge in [0.25, 0.3) is 5.56 Å². The van der Waals surface area contributed by atoms with Crippen LogP contribution in [0.15, 0.2) is 53.3 Å². The van der Waals surface area contributed by atoms with Crippen LogP contribution >= 0.6 is 12.2 Å². The predicted octanol–water partition coefficient (Wildman–Crippen LogP) is 3.17. The standard InChI is InChI=1S/C17H17N3OS/c1-19(2)13-9-7-12(8-10-13)11-20-16(21)14-5-3-4-6-15(14)18-17(20)22/h3-10H,11H2,1-2H3,(H,18,22). The third kappa shape index (κ3) is 2.67. The maximum absolute atomic E-state index is 12.6. The van der Waals surface area contributed by atoms with E-state index in [1.165, 1.54) is 0 Å². The Bertz CT molecular complexity index is 923. The van der Waals surface area contributed by atoms with Gasteiger partial charge in [-0.15, -0.1) is 0 Å². The van der Waals surface area contributed by atoms with Crippen molar-refractivity contribution in [3.8, 4) is 0 Å². The zero-order chi connectivity index (χ0) is 15.7. The third-order valence-corrected chi connectivity index (χ3v) is 4.01. The molecule has 0 aliphatic heterocycles. The highest BCUT2D eigenvalue weighted by Gasteiger charge is 2.06. The normalized spacial score (nSPS) is 10.8. The first-order valence-electron chi connectivity index (χ1n) is 7.04. The molecular weight excluding hydrogens is 294 g/mol. The number of aromatic nitrogens is 2. The topological polar surface area (TPSA) is 41.0 Å². The molecule has 0 aliphatic rings. The Morgan fingerprint density at radius 2 is 1.77 bits per heavy atom. The zero-order valence-corrected chi connectivity index (χ0v) is 13.4. The molecular formula is C17H17N3OS. The molecule has 0 aliphatic carbocycles. The number of H-pyrrole nitrogens is 1. The van der Waals surface area contributed by atoms with Crippen molar-refractivity contribution in [3.05, 3.63) is 69.2 Å². The van der Waals surface area contributed by atoms with Gasteiger partial charge in [-0.1, -0.05) is 24.3 Å². The Labute approximate surface area is 133 Å². The SMILES string of the molecule is CN(C)c1ccc(Cn2c(=S)[nH]c3ccccc3c2=O)cc1. The van der Waals surface area contributed by atoms with Crippen LogP contribution in [0.25, 0.3) is 10.9 Å². The predicted molar refractivity (Wildman–Crippen MR) is 93.3 cm³/mol. The fraction of sp³-hybridized carbons (Fsp3) is 0.176. The summed E-state index contributed by atoms with van der Waals surface area (Å²) in [5.41, 5.74) is 2.88. The van der Waals surface area contributed by atoms with Crippen molar-refractivity contribution in [2.24, 2.45) is 0 Å². The number of benzene rings is 2. The fourth-order valence-electron chi connectivity index (χ4n) is 2.42. The molecule has 0 fully saturated rings. The van der Waals surface area contributed by atoms with Crippen molar-refractivity contribution in [2.45, 2.75) is 6.54 Å². The van der Waals surface area contributed by atoms with Gasteiger partial charge in [0.05, 0.1) is 17.4 Å². The molecule has 0 bridgehead atoms. The molecule has 0 spiro atoms. The molecule has 0 radical (unpaired) electrons. The first-order chi connectivity index (χ1) is 10.6. The highest BCUT2D eigenvalue weighted by atomic mass is 32.1. The van der Waals surface area contributed by atoms with Crippen molar-refractivity contribution in [1.82, 2.24) is 9.55 Å². The van der Waals surface area contributed by atoms with Gasteiger partial charge in [0.2, 0.25) is 0 Å². The number of fused-ring (bicyclic) bond motifs is 1. The molecule has 1 N–H and O–H groups in total. The summed E-state index contributed by atoms with van der Waals surface area (Å²) in [6, 6.07) is 15.5. The van der Waals surface area contributed by atoms with Crippen LogP contribution in [0.4, 0.5) is 5.69 Å². The summed E-state index contributed by atoms with van der Waals surface area (Å²) in [4.78, 5) is 17.8. The molecule has 4 nitrogen and oxygen atoms in total. The lowest BCUT2D eigenvalue weighted by Crippen LogP contribution is -2.22. The van der Waals surface area contributed by atoms with Gasteiger partial charge in [-0.2, -0.15) is 0 Å². The Hall–Kier alpha value is -2.40. The highest BCUT2D eigenvalue weighted by molar-refractivity contribution is 7.71. The molecule has 2 aromatic carbocycles. The number of para-hydroxylation sites is 1. The number of rotatable bonds is 3. The fourth-order valence-corrected chi connectivity index (χ4v) is 2.68. The largest absolute Gasteiger partial charge is 0.378 e. The van der Waals surface area contributed by atoms with E-state index in [9.17, 15) is 4.79 Å². The Kier molecular flexibility index (Phi) is 3.81. The van der Waals surface area contributed by atoms with Crippen molar-refractivity contribution in [3.63, 3.8) is 0 Å². The maximum atomic E-state index is 12.6. The van der Waals surface area contributed by atoms with E-state index in [1.807, 2.05) is 67.5 Å². The Balaban J connectivity index is 2.04. The second-order valence-electron chi connectivity index (χ2n) is 5.43. The molecule has 3 aromatic rings. The summed E-state index contributed by atoms with van der Waals surface area (Å²) in [5, 5.41) is 0.654. The minimum absolute atomic E-state index is 0.0592. The maximum Gasteiger partial charge on any atom is 0.262 e. The minimum atomic E-state index is -0.0592. The summed E-state index contributed by atoms with van der Waals surface area (Å²) >= 11 is 5.33. The molecule has 22 heavy (non-hydrogen) atoms. The van der Waals surface area contributed by atoms with Gasteiger partial charge in [0.15, 0.2) is 4.77 Å². The van der Waals surface area contributed by atoms with E-state index >= 15 is 0 Å². The van der Waals surface area contributed by atoms with Gasteiger partial charge in [0.1, 0.15) is 0 Å². The van der Waals surface area contributed by atoms with E-state index in [0.717, 1.165) is 16.8 Å². The lowest BCUT2D eigenvalue weighted by atomic mass is 10.2. The molecule has 3 rings (SSSR count). The third-order valence-electron chi connectivity index (χ3n) is 3.68. The van der Waals surface area contributed by atoms with Gasteiger partial charge in [-0.25, -0.2) is 0 Å². The summed E-state index contributed by atoms with van der Waals surface area (Å²) < 4.78 is 2.04. The molecule has 1 heterocycles. The second kappa shape index (κ2) is 5.77. The lowest BCUT2D eigenvalue weighted by molar-refractivity contribution is 0.734. The van der Waals surface area contributed by atoms with Gasteiger partial charge in [-0.3, -0.25) is 9.36 Å². The van der Waals surface area contributed by atoms with Gasteiger partial charge in [0, 0.05) is 19.8 Å². The lowest BCUT2D eigenvalue weighted by Gasteiger charge is -2.13. The smallest absolute Gasteiger partial charge is 0.262 e. The van der Waals surface area contributed by atoms with E-state index < -0.39 is 0 Å². The number of nitrogens with zero attached hydrogens (tertiary/aromatic N) is 2. The quantitative estimate of drug-likeness (QED) is 0.755. The van der Waals surface area contributed by atoms with Crippen molar-refractivity contribution >= 4 is 28.8 Å². The van der Waals surface area contributed by atoms with Crippen molar-refractivity contribution in [1.29, 1.82) is 0 Å². The van der Waals surface area contributed by atoms with E-state index in [2.05, 4.69) is 4.98 Å².